The van der Waals surface area contributed by atoms with Gasteiger partial charge in [-0.3, -0.25) is 0 Å². The predicted octanol–water partition coefficient (Wildman–Crippen LogP) is 7.49. The van der Waals surface area contributed by atoms with Crippen molar-refractivity contribution in [1.29, 1.82) is 0 Å². The predicted molar refractivity (Wildman–Crippen MR) is 129 cm³/mol. The Kier molecular flexibility index (Phi) is 6.42. The molecule has 0 bridgehead atoms. The van der Waals surface area contributed by atoms with Crippen molar-refractivity contribution in [2.24, 2.45) is 5.16 Å². The topological polar surface area (TPSA) is 26.5 Å². The third kappa shape index (κ3) is 4.76. The molecule has 0 amide bonds. The number of hydrogen-bond acceptors (Lipinski definition) is 2. The standard InChI is InChI=1S/C27H24ClFN2O/c1-18-6-4-7-21(14-18)17-32-30-19(2)26-16-27(22-10-12-24(29)13-11-22)31(20(26)3)25-9-5-8-23(28)15-25/h4-16H,17H2,1-3H3/b30-19+. The molecule has 4 rings (SSSR count). The van der Waals surface area contributed by atoms with Crippen LogP contribution in [0.4, 0.5) is 4.39 Å². The van der Waals surface area contributed by atoms with Gasteiger partial charge in [0.2, 0.25) is 0 Å². The van der Waals surface area contributed by atoms with Gasteiger partial charge in [0.05, 0.1) is 11.4 Å². The second kappa shape index (κ2) is 9.41. The van der Waals surface area contributed by atoms with Gasteiger partial charge in [-0.15, -0.1) is 0 Å². The van der Waals surface area contributed by atoms with E-state index in [0.29, 0.717) is 11.6 Å². The number of rotatable bonds is 6. The second-order valence-corrected chi connectivity index (χ2v) is 8.23. The van der Waals surface area contributed by atoms with Crippen molar-refractivity contribution in [2.75, 3.05) is 0 Å². The first-order valence-electron chi connectivity index (χ1n) is 10.4. The monoisotopic (exact) mass is 446 g/mol. The van der Waals surface area contributed by atoms with E-state index >= 15 is 0 Å². The Morgan fingerprint density at radius 1 is 0.969 bits per heavy atom. The molecule has 0 atom stereocenters. The highest BCUT2D eigenvalue weighted by molar-refractivity contribution is 6.30. The van der Waals surface area contributed by atoms with Gasteiger partial charge in [0.1, 0.15) is 12.4 Å². The van der Waals surface area contributed by atoms with Crippen LogP contribution >= 0.6 is 11.6 Å². The van der Waals surface area contributed by atoms with Crippen LogP contribution in [0, 0.1) is 19.7 Å². The maximum absolute atomic E-state index is 13.5. The van der Waals surface area contributed by atoms with E-state index in [1.807, 2.05) is 50.2 Å². The average molecular weight is 447 g/mol. The van der Waals surface area contributed by atoms with Crippen molar-refractivity contribution in [3.05, 3.63) is 112 Å². The summed E-state index contributed by atoms with van der Waals surface area (Å²) in [5.41, 5.74) is 7.71. The molecular formula is C27H24ClFN2O. The van der Waals surface area contributed by atoms with Crippen molar-refractivity contribution in [2.45, 2.75) is 27.4 Å². The van der Waals surface area contributed by atoms with Crippen molar-refractivity contribution in [3.8, 4) is 16.9 Å². The molecule has 0 saturated heterocycles. The molecule has 0 aliphatic carbocycles. The Morgan fingerprint density at radius 3 is 2.44 bits per heavy atom. The summed E-state index contributed by atoms with van der Waals surface area (Å²) in [6.45, 7) is 6.41. The van der Waals surface area contributed by atoms with Crippen molar-refractivity contribution >= 4 is 17.3 Å². The number of oxime groups is 1. The van der Waals surface area contributed by atoms with Gasteiger partial charge in [-0.25, -0.2) is 4.39 Å². The maximum Gasteiger partial charge on any atom is 0.142 e. The van der Waals surface area contributed by atoms with Gasteiger partial charge in [-0.1, -0.05) is 52.7 Å². The van der Waals surface area contributed by atoms with Crippen LogP contribution in [0.1, 0.15) is 29.3 Å². The lowest BCUT2D eigenvalue weighted by Gasteiger charge is -2.13. The van der Waals surface area contributed by atoms with Gasteiger partial charge in [-0.2, -0.15) is 0 Å². The number of aromatic nitrogens is 1. The van der Waals surface area contributed by atoms with E-state index in [1.54, 1.807) is 12.1 Å². The van der Waals surface area contributed by atoms with Crippen molar-refractivity contribution in [1.82, 2.24) is 4.57 Å². The summed E-state index contributed by atoms with van der Waals surface area (Å²) < 4.78 is 15.6. The summed E-state index contributed by atoms with van der Waals surface area (Å²) in [5.74, 6) is -0.270. The zero-order valence-corrected chi connectivity index (χ0v) is 19.0. The Labute approximate surface area is 192 Å². The fourth-order valence-corrected chi connectivity index (χ4v) is 3.99. The van der Waals surface area contributed by atoms with Crippen molar-refractivity contribution < 1.29 is 9.23 Å². The van der Waals surface area contributed by atoms with Gasteiger partial charge in [0.15, 0.2) is 0 Å². The third-order valence-electron chi connectivity index (χ3n) is 5.36. The lowest BCUT2D eigenvalue weighted by Crippen LogP contribution is -2.02. The molecule has 0 radical (unpaired) electrons. The first-order chi connectivity index (χ1) is 15.4. The van der Waals surface area contributed by atoms with E-state index in [1.165, 1.54) is 17.7 Å². The smallest absolute Gasteiger partial charge is 0.142 e. The maximum atomic E-state index is 13.5. The number of hydrogen-bond donors (Lipinski definition) is 0. The molecule has 32 heavy (non-hydrogen) atoms. The molecule has 4 aromatic rings. The normalized spacial score (nSPS) is 11.6. The molecular weight excluding hydrogens is 423 g/mol. The Hall–Kier alpha value is -3.37. The Balaban J connectivity index is 1.72. The molecule has 0 fully saturated rings. The molecule has 0 spiro atoms. The first kappa shape index (κ1) is 21.8. The van der Waals surface area contributed by atoms with Gasteiger partial charge in [0.25, 0.3) is 0 Å². The summed E-state index contributed by atoms with van der Waals surface area (Å²) in [5, 5.41) is 5.02. The van der Waals surface area contributed by atoms with Crippen LogP contribution in [0.25, 0.3) is 16.9 Å². The van der Waals surface area contributed by atoms with E-state index in [4.69, 9.17) is 16.4 Å². The summed E-state index contributed by atoms with van der Waals surface area (Å²) >= 11 is 6.27. The molecule has 162 valence electrons. The summed E-state index contributed by atoms with van der Waals surface area (Å²) in [4.78, 5) is 5.65. The Bertz CT molecular complexity index is 1280. The highest BCUT2D eigenvalue weighted by Crippen LogP contribution is 2.31. The highest BCUT2D eigenvalue weighted by atomic mass is 35.5. The average Bonchev–Trinajstić information content (AvgIpc) is 3.11. The first-order valence-corrected chi connectivity index (χ1v) is 10.8. The minimum absolute atomic E-state index is 0.270. The number of aryl methyl sites for hydroxylation is 1. The van der Waals surface area contributed by atoms with E-state index < -0.39 is 0 Å². The third-order valence-corrected chi connectivity index (χ3v) is 5.59. The zero-order valence-electron chi connectivity index (χ0n) is 18.3. The fraction of sp³-hybridized carbons (Fsp3) is 0.148. The van der Waals surface area contributed by atoms with Gasteiger partial charge in [0, 0.05) is 22.0 Å². The van der Waals surface area contributed by atoms with Crippen LogP contribution in [0.15, 0.2) is 84.0 Å². The molecule has 0 N–H and O–H groups in total. The molecule has 0 unspecified atom stereocenters. The van der Waals surface area contributed by atoms with E-state index in [2.05, 4.69) is 34.8 Å². The molecule has 1 aromatic heterocycles. The number of halogens is 2. The van der Waals surface area contributed by atoms with Gasteiger partial charge in [-0.05, 0) is 80.4 Å². The van der Waals surface area contributed by atoms with Crippen LogP contribution in [0.5, 0.6) is 0 Å². The molecule has 0 aliphatic rings. The van der Waals surface area contributed by atoms with Gasteiger partial charge >= 0.3 is 0 Å². The fourth-order valence-electron chi connectivity index (χ4n) is 3.81. The number of benzene rings is 3. The van der Waals surface area contributed by atoms with Crippen LogP contribution in [-0.4, -0.2) is 10.3 Å². The van der Waals surface area contributed by atoms with Crippen molar-refractivity contribution in [3.63, 3.8) is 0 Å². The second-order valence-electron chi connectivity index (χ2n) is 7.79. The van der Waals surface area contributed by atoms with Crippen LogP contribution in [0.2, 0.25) is 5.02 Å². The van der Waals surface area contributed by atoms with E-state index in [9.17, 15) is 4.39 Å². The highest BCUT2D eigenvalue weighted by Gasteiger charge is 2.17. The quantitative estimate of drug-likeness (QED) is 0.222. The number of nitrogens with zero attached hydrogens (tertiary/aromatic N) is 2. The summed E-state index contributed by atoms with van der Waals surface area (Å²) in [6.07, 6.45) is 0. The largest absolute Gasteiger partial charge is 0.391 e. The minimum atomic E-state index is -0.270. The lowest BCUT2D eigenvalue weighted by atomic mass is 10.1. The molecule has 3 nitrogen and oxygen atoms in total. The molecule has 5 heteroatoms. The SMILES string of the molecule is C/C(=N\OCc1cccc(C)c1)c1cc(-c2ccc(F)cc2)n(-c2cccc(Cl)c2)c1C. The van der Waals surface area contributed by atoms with Gasteiger partial charge < -0.3 is 9.40 Å². The van der Waals surface area contributed by atoms with Crippen LogP contribution in [0.3, 0.4) is 0 Å². The van der Waals surface area contributed by atoms with Crippen LogP contribution in [-0.2, 0) is 11.4 Å². The summed E-state index contributed by atoms with van der Waals surface area (Å²) in [6, 6.07) is 24.4. The molecule has 3 aromatic carbocycles. The van der Waals surface area contributed by atoms with E-state index in [0.717, 1.165) is 39.5 Å². The van der Waals surface area contributed by atoms with E-state index in [-0.39, 0.29) is 5.82 Å². The van der Waals surface area contributed by atoms with Crippen LogP contribution < -0.4 is 0 Å². The lowest BCUT2D eigenvalue weighted by molar-refractivity contribution is 0.130. The molecule has 0 saturated carbocycles. The Morgan fingerprint density at radius 2 is 1.72 bits per heavy atom. The molecule has 1 heterocycles. The summed E-state index contributed by atoms with van der Waals surface area (Å²) in [7, 11) is 0. The minimum Gasteiger partial charge on any atom is -0.391 e. The zero-order chi connectivity index (χ0) is 22.7. The molecule has 0 aliphatic heterocycles.